The second-order valence-corrected chi connectivity index (χ2v) is 7.39. The van der Waals surface area contributed by atoms with Crippen LogP contribution in [0, 0.1) is 0 Å². The molecule has 0 spiro atoms. The number of aromatic nitrogens is 5. The van der Waals surface area contributed by atoms with Gasteiger partial charge in [0.25, 0.3) is 0 Å². The molecule has 126 valence electrons. The largest absolute Gasteiger partial charge is 0.362 e. The molecule has 0 radical (unpaired) electrons. The number of anilines is 1. The smallest absolute Gasteiger partial charge is 0.226 e. The van der Waals surface area contributed by atoms with Crippen LogP contribution in [0.3, 0.4) is 0 Å². The number of imidazole rings is 1. The van der Waals surface area contributed by atoms with E-state index in [0.717, 1.165) is 30.9 Å². The number of ether oxygens (including phenoxy) is 1. The maximum Gasteiger partial charge on any atom is 0.226 e. The Balaban J connectivity index is 1.72. The molecule has 3 aromatic heterocycles. The van der Waals surface area contributed by atoms with Gasteiger partial charge in [-0.3, -0.25) is 4.57 Å². The van der Waals surface area contributed by atoms with E-state index < -0.39 is 0 Å². The van der Waals surface area contributed by atoms with Crippen molar-refractivity contribution in [2.45, 2.75) is 32.0 Å². The normalized spacial score (nSPS) is 18.2. The van der Waals surface area contributed by atoms with Crippen LogP contribution in [0.1, 0.15) is 30.5 Å². The van der Waals surface area contributed by atoms with Crippen LogP contribution < -0.4 is 5.32 Å². The Labute approximate surface area is 155 Å². The van der Waals surface area contributed by atoms with E-state index in [1.54, 1.807) is 17.5 Å². The molecule has 1 atom stereocenters. The summed E-state index contributed by atoms with van der Waals surface area (Å²) >= 11 is 11.2. The quantitative estimate of drug-likeness (QED) is 0.499. The summed E-state index contributed by atoms with van der Waals surface area (Å²) in [7, 11) is 0. The summed E-state index contributed by atoms with van der Waals surface area (Å²) in [4.78, 5) is 17.5. The van der Waals surface area contributed by atoms with Gasteiger partial charge in [0, 0.05) is 18.2 Å². The van der Waals surface area contributed by atoms with Gasteiger partial charge >= 0.3 is 0 Å². The zero-order valence-electron chi connectivity index (χ0n) is 12.6. The number of rotatable bonds is 4. The first kappa shape index (κ1) is 16.2. The molecule has 0 amide bonds. The zero-order chi connectivity index (χ0) is 16.5. The summed E-state index contributed by atoms with van der Waals surface area (Å²) in [5.74, 6) is 0.593. The molecule has 0 aromatic carbocycles. The molecule has 3 aromatic rings. The van der Waals surface area contributed by atoms with Gasteiger partial charge < -0.3 is 10.1 Å². The highest BCUT2D eigenvalue weighted by Gasteiger charge is 2.24. The monoisotopic (exact) mass is 428 g/mol. The number of hydrogen-bond acceptors (Lipinski definition) is 7. The minimum atomic E-state index is -0.0871. The highest BCUT2D eigenvalue weighted by molar-refractivity contribution is 9.10. The minimum absolute atomic E-state index is 0.0871. The molecule has 4 rings (SSSR count). The Hall–Kier alpha value is -1.29. The first-order valence-electron chi connectivity index (χ1n) is 7.57. The van der Waals surface area contributed by atoms with Gasteiger partial charge in [-0.1, -0.05) is 0 Å². The van der Waals surface area contributed by atoms with Gasteiger partial charge in [-0.15, -0.1) is 11.3 Å². The lowest BCUT2D eigenvalue weighted by Crippen LogP contribution is -2.18. The Kier molecular flexibility index (Phi) is 4.66. The predicted octanol–water partition coefficient (Wildman–Crippen LogP) is 4.01. The highest BCUT2D eigenvalue weighted by atomic mass is 79.9. The molecule has 1 aliphatic rings. The van der Waals surface area contributed by atoms with Gasteiger partial charge in [0.05, 0.1) is 6.54 Å². The number of halogens is 2. The molecule has 1 unspecified atom stereocenters. The van der Waals surface area contributed by atoms with E-state index in [0.29, 0.717) is 28.3 Å². The van der Waals surface area contributed by atoms with E-state index in [1.165, 1.54) is 0 Å². The molecular formula is C14H14BrClN6OS. The summed E-state index contributed by atoms with van der Waals surface area (Å²) < 4.78 is 8.48. The molecule has 4 heterocycles. The van der Waals surface area contributed by atoms with Crippen LogP contribution in [0.5, 0.6) is 0 Å². The Bertz CT molecular complexity index is 849. The predicted molar refractivity (Wildman–Crippen MR) is 96.3 cm³/mol. The van der Waals surface area contributed by atoms with Crippen molar-refractivity contribution in [2.75, 3.05) is 11.9 Å². The number of thiazole rings is 1. The highest BCUT2D eigenvalue weighted by Crippen LogP contribution is 2.32. The van der Waals surface area contributed by atoms with Gasteiger partial charge in [0.2, 0.25) is 5.28 Å². The van der Waals surface area contributed by atoms with E-state index in [9.17, 15) is 0 Å². The Morgan fingerprint density at radius 3 is 3.04 bits per heavy atom. The second-order valence-electron chi connectivity index (χ2n) is 5.36. The lowest BCUT2D eigenvalue weighted by molar-refractivity contribution is -0.0311. The fraction of sp³-hybridized carbons (Fsp3) is 0.429. The first-order chi connectivity index (χ1) is 11.7. The fourth-order valence-corrected chi connectivity index (χ4v) is 4.02. The van der Waals surface area contributed by atoms with Gasteiger partial charge in [-0.25, -0.2) is 9.97 Å². The van der Waals surface area contributed by atoms with Crippen molar-refractivity contribution in [2.24, 2.45) is 0 Å². The van der Waals surface area contributed by atoms with Crippen molar-refractivity contribution < 1.29 is 4.74 Å². The second kappa shape index (κ2) is 6.91. The molecule has 0 saturated carbocycles. The summed E-state index contributed by atoms with van der Waals surface area (Å²) in [6.07, 6.45) is 4.81. The van der Waals surface area contributed by atoms with E-state index in [4.69, 9.17) is 16.3 Å². The van der Waals surface area contributed by atoms with Crippen LogP contribution in [0.15, 0.2) is 16.3 Å². The topological polar surface area (TPSA) is 77.8 Å². The van der Waals surface area contributed by atoms with Crippen LogP contribution >= 0.6 is 38.9 Å². The number of hydrogen-bond donors (Lipinski definition) is 1. The van der Waals surface area contributed by atoms with Crippen LogP contribution in [0.25, 0.3) is 11.2 Å². The maximum atomic E-state index is 6.13. The van der Waals surface area contributed by atoms with Crippen molar-refractivity contribution in [1.82, 2.24) is 24.5 Å². The van der Waals surface area contributed by atoms with Crippen LogP contribution in [-0.2, 0) is 11.3 Å². The third kappa shape index (κ3) is 3.13. The molecule has 1 saturated heterocycles. The molecule has 0 aliphatic carbocycles. The van der Waals surface area contributed by atoms with E-state index in [2.05, 4.69) is 41.2 Å². The van der Waals surface area contributed by atoms with Crippen LogP contribution in [-0.4, -0.2) is 31.1 Å². The lowest BCUT2D eigenvalue weighted by Gasteiger charge is -2.24. The first-order valence-corrected chi connectivity index (χ1v) is 9.62. The van der Waals surface area contributed by atoms with Crippen molar-refractivity contribution in [3.63, 3.8) is 0 Å². The molecule has 1 fully saturated rings. The number of nitrogens with one attached hydrogen (secondary N) is 1. The molecule has 24 heavy (non-hydrogen) atoms. The molecular weight excluding hydrogens is 416 g/mol. The summed E-state index contributed by atoms with van der Waals surface area (Å²) in [5, 5.41) is 6.32. The molecule has 10 heteroatoms. The van der Waals surface area contributed by atoms with Crippen molar-refractivity contribution in [1.29, 1.82) is 0 Å². The van der Waals surface area contributed by atoms with Crippen LogP contribution in [0.2, 0.25) is 5.28 Å². The summed E-state index contributed by atoms with van der Waals surface area (Å²) in [6, 6.07) is 0. The van der Waals surface area contributed by atoms with Crippen molar-refractivity contribution in [3.05, 3.63) is 26.6 Å². The maximum absolute atomic E-state index is 6.13. The minimum Gasteiger partial charge on any atom is -0.362 e. The summed E-state index contributed by atoms with van der Waals surface area (Å²) in [6.45, 7) is 1.30. The van der Waals surface area contributed by atoms with Crippen molar-refractivity contribution in [3.8, 4) is 0 Å². The fourth-order valence-electron chi connectivity index (χ4n) is 2.73. The number of nitrogens with zero attached hydrogens (tertiary/aromatic N) is 5. The van der Waals surface area contributed by atoms with E-state index in [-0.39, 0.29) is 11.5 Å². The lowest BCUT2D eigenvalue weighted by atomic mass is 10.2. The van der Waals surface area contributed by atoms with Gasteiger partial charge in [-0.05, 0) is 46.8 Å². The molecule has 1 N–H and O–H groups in total. The number of fused-ring (bicyclic) bond motifs is 1. The average molecular weight is 430 g/mol. The van der Waals surface area contributed by atoms with Crippen LogP contribution in [0.4, 0.5) is 5.82 Å². The Morgan fingerprint density at radius 2 is 2.29 bits per heavy atom. The molecule has 7 nitrogen and oxygen atoms in total. The van der Waals surface area contributed by atoms with E-state index >= 15 is 0 Å². The Morgan fingerprint density at radius 1 is 1.38 bits per heavy atom. The molecule has 1 aliphatic heterocycles. The standard InChI is InChI=1S/C14H14BrClN6OS/c15-13-19-10-11(18-7-8-17-4-6-24-8)20-14(16)21-12(10)22(13)9-3-1-2-5-23-9/h4,6,9H,1-3,5,7H2,(H,18,20,21). The average Bonchev–Trinajstić information content (AvgIpc) is 3.20. The molecule has 0 bridgehead atoms. The third-order valence-corrected chi connectivity index (χ3v) is 5.31. The third-order valence-electron chi connectivity index (χ3n) is 3.80. The van der Waals surface area contributed by atoms with Crippen molar-refractivity contribution >= 4 is 55.8 Å². The SMILES string of the molecule is Clc1nc(NCc2nccs2)c2nc(Br)n(C3CCCCO3)c2n1. The summed E-state index contributed by atoms with van der Waals surface area (Å²) in [5.41, 5.74) is 1.33. The van der Waals surface area contributed by atoms with Gasteiger partial charge in [0.15, 0.2) is 21.7 Å². The van der Waals surface area contributed by atoms with Gasteiger partial charge in [-0.2, -0.15) is 9.97 Å². The zero-order valence-corrected chi connectivity index (χ0v) is 15.7. The van der Waals surface area contributed by atoms with E-state index in [1.807, 2.05) is 9.95 Å². The van der Waals surface area contributed by atoms with Gasteiger partial charge in [0.1, 0.15) is 11.2 Å².